The highest BCUT2D eigenvalue weighted by molar-refractivity contribution is 8.04. The summed E-state index contributed by atoms with van der Waals surface area (Å²) in [6.45, 7) is 2.80. The van der Waals surface area contributed by atoms with Crippen LogP contribution >= 0.6 is 24.2 Å². The molecule has 0 aliphatic carbocycles. The summed E-state index contributed by atoms with van der Waals surface area (Å²) in [5, 5.41) is 7.67. The summed E-state index contributed by atoms with van der Waals surface area (Å²) in [5.74, 6) is 0.943. The number of halogens is 1. The monoisotopic (exact) mass is 393 g/mol. The Labute approximate surface area is 163 Å². The molecule has 0 spiro atoms. The lowest BCUT2D eigenvalue weighted by molar-refractivity contribution is -0.117. The van der Waals surface area contributed by atoms with Gasteiger partial charge in [-0.1, -0.05) is 6.42 Å². The van der Waals surface area contributed by atoms with E-state index < -0.39 is 0 Å². The molecule has 1 fully saturated rings. The number of aromatic amines is 1. The van der Waals surface area contributed by atoms with Gasteiger partial charge in [-0.15, -0.1) is 24.2 Å². The van der Waals surface area contributed by atoms with Gasteiger partial charge < -0.3 is 20.5 Å². The molecular formula is C18H24ClN5OS. The Morgan fingerprint density at radius 1 is 1.35 bits per heavy atom. The summed E-state index contributed by atoms with van der Waals surface area (Å²) in [6.07, 6.45) is 9.09. The van der Waals surface area contributed by atoms with Gasteiger partial charge in [0.2, 0.25) is 0 Å². The highest BCUT2D eigenvalue weighted by Crippen LogP contribution is 2.30. The van der Waals surface area contributed by atoms with Crippen molar-refractivity contribution < 1.29 is 4.79 Å². The Bertz CT molecular complexity index is 785. The summed E-state index contributed by atoms with van der Waals surface area (Å²) < 4.78 is 0. The van der Waals surface area contributed by atoms with Crippen LogP contribution in [-0.2, 0) is 4.79 Å². The first-order chi connectivity index (χ1) is 12.3. The minimum Gasteiger partial charge on any atom is -0.348 e. The molecule has 4 heterocycles. The zero-order valence-corrected chi connectivity index (χ0v) is 16.2. The van der Waals surface area contributed by atoms with Crippen LogP contribution in [0.4, 0.5) is 5.69 Å². The summed E-state index contributed by atoms with van der Waals surface area (Å²) in [4.78, 5) is 23.1. The van der Waals surface area contributed by atoms with E-state index in [9.17, 15) is 4.79 Å². The van der Waals surface area contributed by atoms with E-state index in [0.29, 0.717) is 0 Å². The van der Waals surface area contributed by atoms with Crippen molar-refractivity contribution in [3.8, 4) is 0 Å². The smallest absolute Gasteiger partial charge is 0.259 e. The lowest BCUT2D eigenvalue weighted by Gasteiger charge is -2.27. The number of fused-ring (bicyclic) bond motifs is 1. The van der Waals surface area contributed by atoms with E-state index in [1.165, 1.54) is 12.8 Å². The first kappa shape index (κ1) is 19.1. The van der Waals surface area contributed by atoms with E-state index in [1.807, 2.05) is 24.5 Å². The number of anilines is 1. The van der Waals surface area contributed by atoms with Gasteiger partial charge >= 0.3 is 0 Å². The Balaban J connectivity index is 0.00000196. The van der Waals surface area contributed by atoms with Crippen LogP contribution in [0.5, 0.6) is 0 Å². The van der Waals surface area contributed by atoms with Crippen LogP contribution in [0.1, 0.15) is 19.3 Å². The lowest BCUT2D eigenvalue weighted by Crippen LogP contribution is -2.42. The molecule has 0 saturated carbocycles. The minimum absolute atomic E-state index is 0. The van der Waals surface area contributed by atoms with E-state index in [-0.39, 0.29) is 24.4 Å². The summed E-state index contributed by atoms with van der Waals surface area (Å²) in [5.41, 5.74) is 1.97. The second-order valence-electron chi connectivity index (χ2n) is 6.48. The van der Waals surface area contributed by atoms with Crippen molar-refractivity contribution in [2.45, 2.75) is 25.3 Å². The molecule has 2 aliphatic heterocycles. The average Bonchev–Trinajstić information content (AvgIpc) is 2.99. The molecule has 2 aromatic rings. The number of H-pyrrole nitrogens is 1. The predicted molar refractivity (Wildman–Crippen MR) is 110 cm³/mol. The number of hydrogen-bond donors (Lipinski definition) is 3. The third kappa shape index (κ3) is 4.16. The third-order valence-corrected chi connectivity index (χ3v) is 5.70. The second-order valence-corrected chi connectivity index (χ2v) is 7.61. The molecule has 0 bridgehead atoms. The zero-order chi connectivity index (χ0) is 17.1. The van der Waals surface area contributed by atoms with Gasteiger partial charge in [-0.3, -0.25) is 4.79 Å². The highest BCUT2D eigenvalue weighted by Gasteiger charge is 2.22. The predicted octanol–water partition coefficient (Wildman–Crippen LogP) is 2.64. The van der Waals surface area contributed by atoms with Gasteiger partial charge in [0.15, 0.2) is 0 Å². The quantitative estimate of drug-likeness (QED) is 0.747. The molecule has 140 valence electrons. The van der Waals surface area contributed by atoms with Crippen molar-refractivity contribution in [3.05, 3.63) is 35.6 Å². The third-order valence-electron chi connectivity index (χ3n) is 4.72. The fourth-order valence-corrected chi connectivity index (χ4v) is 4.31. The number of rotatable bonds is 3. The largest absolute Gasteiger partial charge is 0.348 e. The van der Waals surface area contributed by atoms with Crippen LogP contribution in [-0.4, -0.2) is 47.3 Å². The van der Waals surface area contributed by atoms with Crippen molar-refractivity contribution in [3.63, 3.8) is 0 Å². The minimum atomic E-state index is 0. The Hall–Kier alpha value is -1.70. The van der Waals surface area contributed by atoms with E-state index in [1.54, 1.807) is 18.0 Å². The highest BCUT2D eigenvalue weighted by atomic mass is 35.5. The van der Waals surface area contributed by atoms with E-state index in [2.05, 4.69) is 25.5 Å². The molecule has 1 amide bonds. The molecule has 1 saturated heterocycles. The van der Waals surface area contributed by atoms with Gasteiger partial charge in [-0.25, -0.2) is 4.98 Å². The number of nitrogens with zero attached hydrogens (tertiary/aromatic N) is 2. The van der Waals surface area contributed by atoms with Crippen LogP contribution in [0, 0.1) is 0 Å². The number of aromatic nitrogens is 2. The van der Waals surface area contributed by atoms with E-state index >= 15 is 0 Å². The maximum Gasteiger partial charge on any atom is 0.259 e. The number of pyridine rings is 1. The van der Waals surface area contributed by atoms with Crippen LogP contribution in [0.3, 0.4) is 0 Å². The number of hydrogen-bond acceptors (Lipinski definition) is 5. The normalized spacial score (nSPS) is 20.8. The molecule has 8 heteroatoms. The van der Waals surface area contributed by atoms with Crippen LogP contribution in [0.15, 0.2) is 35.6 Å². The molecule has 26 heavy (non-hydrogen) atoms. The maximum absolute atomic E-state index is 12.7. The van der Waals surface area contributed by atoms with Crippen molar-refractivity contribution in [1.29, 1.82) is 0 Å². The Kier molecular flexibility index (Phi) is 6.45. The molecular weight excluding hydrogens is 370 g/mol. The van der Waals surface area contributed by atoms with Crippen molar-refractivity contribution in [2.75, 3.05) is 30.3 Å². The molecule has 1 atom stereocenters. The zero-order valence-electron chi connectivity index (χ0n) is 14.5. The van der Waals surface area contributed by atoms with Gasteiger partial charge in [0.05, 0.1) is 10.6 Å². The van der Waals surface area contributed by atoms with Crippen LogP contribution < -0.4 is 15.5 Å². The number of thioether (sulfide) groups is 1. The average molecular weight is 394 g/mol. The molecule has 0 unspecified atom stereocenters. The van der Waals surface area contributed by atoms with Gasteiger partial charge in [0, 0.05) is 48.9 Å². The summed E-state index contributed by atoms with van der Waals surface area (Å²) >= 11 is 1.63. The molecule has 0 radical (unpaired) electrons. The van der Waals surface area contributed by atoms with Crippen LogP contribution in [0.25, 0.3) is 11.0 Å². The fourth-order valence-electron chi connectivity index (χ4n) is 3.41. The summed E-state index contributed by atoms with van der Waals surface area (Å²) in [7, 11) is 0. The Morgan fingerprint density at radius 3 is 3.19 bits per heavy atom. The number of nitrogens with one attached hydrogen (secondary N) is 3. The number of carbonyl (C=O) groups is 1. The molecule has 0 aromatic carbocycles. The van der Waals surface area contributed by atoms with Gasteiger partial charge in [-0.2, -0.15) is 0 Å². The molecule has 3 N–H and O–H groups in total. The maximum atomic E-state index is 12.7. The number of amides is 1. The van der Waals surface area contributed by atoms with Crippen molar-refractivity contribution in [1.82, 2.24) is 20.6 Å². The molecule has 2 aliphatic rings. The SMILES string of the molecule is Cl.O=C(N[C@H]1CCCCNC1)C1=CN(c2ccnc3[nH]ccc23)CCS1. The van der Waals surface area contributed by atoms with Gasteiger partial charge in [-0.05, 0) is 31.5 Å². The topological polar surface area (TPSA) is 73.1 Å². The van der Waals surface area contributed by atoms with Gasteiger partial charge in [0.1, 0.15) is 5.65 Å². The first-order valence-electron chi connectivity index (χ1n) is 8.86. The molecule has 2 aromatic heterocycles. The molecule has 4 rings (SSSR count). The standard InChI is InChI=1S/C18H23N5OS.ClH/c24-18(22-13-3-1-2-6-19-11-13)16-12-23(9-10-25-16)15-5-8-21-17-14(15)4-7-20-17;/h4-5,7-8,12-13,19H,1-3,6,9-11H2,(H,20,21)(H,22,24);1H/t13-;/m0./s1. The first-order valence-corrected chi connectivity index (χ1v) is 9.85. The number of carbonyl (C=O) groups excluding carboxylic acids is 1. The van der Waals surface area contributed by atoms with Gasteiger partial charge in [0.25, 0.3) is 5.91 Å². The van der Waals surface area contributed by atoms with E-state index in [0.717, 1.165) is 53.4 Å². The second kappa shape index (κ2) is 8.79. The lowest BCUT2D eigenvalue weighted by atomic mass is 10.1. The molecule has 6 nitrogen and oxygen atoms in total. The summed E-state index contributed by atoms with van der Waals surface area (Å²) in [6, 6.07) is 4.27. The van der Waals surface area contributed by atoms with E-state index in [4.69, 9.17) is 0 Å². The van der Waals surface area contributed by atoms with Crippen molar-refractivity contribution in [2.24, 2.45) is 0 Å². The van der Waals surface area contributed by atoms with Crippen LogP contribution in [0.2, 0.25) is 0 Å². The Morgan fingerprint density at radius 2 is 2.27 bits per heavy atom. The van der Waals surface area contributed by atoms with Crippen molar-refractivity contribution >= 4 is 46.8 Å². The fraction of sp³-hybridized carbons (Fsp3) is 0.444.